The first kappa shape index (κ1) is 8.65. The van der Waals surface area contributed by atoms with Crippen LogP contribution in [0, 0.1) is 5.92 Å². The first-order valence-corrected chi connectivity index (χ1v) is 4.31. The van der Waals surface area contributed by atoms with Crippen molar-refractivity contribution in [3.8, 4) is 0 Å². The lowest BCUT2D eigenvalue weighted by Gasteiger charge is -2.29. The van der Waals surface area contributed by atoms with E-state index in [1.54, 1.807) is 0 Å². The highest BCUT2D eigenvalue weighted by Gasteiger charge is 2.21. The third kappa shape index (κ3) is 2.26. The average Bonchev–Trinajstić information content (AvgIpc) is 2.05. The molecule has 0 aliphatic carbocycles. The molecular formula is C7H12ClNO2. The van der Waals surface area contributed by atoms with E-state index in [-0.39, 0.29) is 0 Å². The SMILES string of the molecule is O=C(O)N1CCCC(CCl)C1. The van der Waals surface area contributed by atoms with E-state index in [4.69, 9.17) is 16.7 Å². The second-order valence-electron chi connectivity index (χ2n) is 2.89. The third-order valence-electron chi connectivity index (χ3n) is 2.01. The normalized spacial score (nSPS) is 25.2. The van der Waals surface area contributed by atoms with Crippen LogP contribution in [0.25, 0.3) is 0 Å². The Balaban J connectivity index is 2.39. The lowest BCUT2D eigenvalue weighted by atomic mass is 10.0. The number of amides is 1. The van der Waals surface area contributed by atoms with Crippen LogP contribution in [0.1, 0.15) is 12.8 Å². The van der Waals surface area contributed by atoms with E-state index < -0.39 is 6.09 Å². The van der Waals surface area contributed by atoms with Crippen molar-refractivity contribution in [2.45, 2.75) is 12.8 Å². The van der Waals surface area contributed by atoms with Crippen LogP contribution in [-0.2, 0) is 0 Å². The van der Waals surface area contributed by atoms with E-state index in [9.17, 15) is 4.79 Å². The predicted molar refractivity (Wildman–Crippen MR) is 43.0 cm³/mol. The summed E-state index contributed by atoms with van der Waals surface area (Å²) in [4.78, 5) is 11.9. The Morgan fingerprint density at radius 1 is 1.73 bits per heavy atom. The Kier molecular flexibility index (Phi) is 3.00. The van der Waals surface area contributed by atoms with E-state index in [2.05, 4.69) is 0 Å². The van der Waals surface area contributed by atoms with Crippen LogP contribution in [0.2, 0.25) is 0 Å². The van der Waals surface area contributed by atoms with Crippen molar-refractivity contribution in [1.29, 1.82) is 0 Å². The van der Waals surface area contributed by atoms with Crippen molar-refractivity contribution in [3.63, 3.8) is 0 Å². The molecule has 1 N–H and O–H groups in total. The van der Waals surface area contributed by atoms with Crippen LogP contribution in [-0.4, -0.2) is 35.1 Å². The molecule has 64 valence electrons. The molecule has 0 spiro atoms. The minimum atomic E-state index is -0.820. The number of carboxylic acid groups (broad SMARTS) is 1. The van der Waals surface area contributed by atoms with E-state index in [0.717, 1.165) is 12.8 Å². The smallest absolute Gasteiger partial charge is 0.407 e. The fourth-order valence-corrected chi connectivity index (χ4v) is 1.62. The van der Waals surface area contributed by atoms with Crippen LogP contribution in [0.5, 0.6) is 0 Å². The summed E-state index contributed by atoms with van der Waals surface area (Å²) in [6.45, 7) is 1.28. The maximum Gasteiger partial charge on any atom is 0.407 e. The zero-order valence-electron chi connectivity index (χ0n) is 6.29. The number of piperidine rings is 1. The zero-order chi connectivity index (χ0) is 8.27. The molecule has 3 nitrogen and oxygen atoms in total. The highest BCUT2D eigenvalue weighted by Crippen LogP contribution is 2.17. The molecule has 4 heteroatoms. The molecule has 0 aromatic carbocycles. The summed E-state index contributed by atoms with van der Waals surface area (Å²) in [5.41, 5.74) is 0. The Labute approximate surface area is 70.9 Å². The van der Waals surface area contributed by atoms with Gasteiger partial charge in [0, 0.05) is 19.0 Å². The largest absolute Gasteiger partial charge is 0.465 e. The summed E-state index contributed by atoms with van der Waals surface area (Å²) in [7, 11) is 0. The first-order chi connectivity index (χ1) is 5.24. The van der Waals surface area contributed by atoms with Gasteiger partial charge in [-0.25, -0.2) is 4.79 Å². The Morgan fingerprint density at radius 2 is 2.45 bits per heavy atom. The van der Waals surface area contributed by atoms with Crippen LogP contribution in [0.4, 0.5) is 4.79 Å². The standard InChI is InChI=1S/C7H12ClNO2/c8-4-6-2-1-3-9(5-6)7(10)11/h6H,1-5H2,(H,10,11). The molecule has 1 aliphatic heterocycles. The Morgan fingerprint density at radius 3 is 3.00 bits per heavy atom. The van der Waals surface area contributed by atoms with Crippen molar-refractivity contribution < 1.29 is 9.90 Å². The second-order valence-corrected chi connectivity index (χ2v) is 3.20. The topological polar surface area (TPSA) is 40.5 Å². The van der Waals surface area contributed by atoms with Crippen LogP contribution < -0.4 is 0 Å². The molecule has 1 heterocycles. The van der Waals surface area contributed by atoms with Gasteiger partial charge in [-0.15, -0.1) is 11.6 Å². The number of hydrogen-bond donors (Lipinski definition) is 1. The maximum absolute atomic E-state index is 10.5. The molecule has 1 rings (SSSR count). The van der Waals surface area contributed by atoms with E-state index in [1.807, 2.05) is 0 Å². The summed E-state index contributed by atoms with van der Waals surface area (Å²) >= 11 is 5.63. The molecule has 0 saturated carbocycles. The van der Waals surface area contributed by atoms with Gasteiger partial charge >= 0.3 is 6.09 Å². The fraction of sp³-hybridized carbons (Fsp3) is 0.857. The lowest BCUT2D eigenvalue weighted by molar-refractivity contribution is 0.124. The third-order valence-corrected chi connectivity index (χ3v) is 2.44. The molecule has 1 saturated heterocycles. The number of halogens is 1. The molecule has 0 bridgehead atoms. The molecule has 1 aliphatic rings. The zero-order valence-corrected chi connectivity index (χ0v) is 7.05. The van der Waals surface area contributed by atoms with E-state index in [0.29, 0.717) is 24.9 Å². The van der Waals surface area contributed by atoms with Gasteiger partial charge in [-0.2, -0.15) is 0 Å². The molecule has 0 aromatic rings. The summed E-state index contributed by atoms with van der Waals surface area (Å²) in [5.74, 6) is 0.936. The molecule has 11 heavy (non-hydrogen) atoms. The van der Waals surface area contributed by atoms with Crippen LogP contribution >= 0.6 is 11.6 Å². The summed E-state index contributed by atoms with van der Waals surface area (Å²) in [6.07, 6.45) is 1.19. The van der Waals surface area contributed by atoms with Gasteiger partial charge in [0.15, 0.2) is 0 Å². The van der Waals surface area contributed by atoms with Gasteiger partial charge in [0.2, 0.25) is 0 Å². The van der Waals surface area contributed by atoms with Gasteiger partial charge in [0.1, 0.15) is 0 Å². The predicted octanol–water partition coefficient (Wildman–Crippen LogP) is 1.62. The highest BCUT2D eigenvalue weighted by atomic mass is 35.5. The number of nitrogens with zero attached hydrogens (tertiary/aromatic N) is 1. The molecule has 1 unspecified atom stereocenters. The number of rotatable bonds is 1. The summed E-state index contributed by atoms with van der Waals surface area (Å²) in [6, 6.07) is 0. The van der Waals surface area contributed by atoms with Crippen molar-refractivity contribution in [2.24, 2.45) is 5.92 Å². The monoisotopic (exact) mass is 177 g/mol. The molecule has 1 amide bonds. The minimum Gasteiger partial charge on any atom is -0.465 e. The van der Waals surface area contributed by atoms with Crippen LogP contribution in [0.3, 0.4) is 0 Å². The van der Waals surface area contributed by atoms with Gasteiger partial charge in [-0.3, -0.25) is 0 Å². The van der Waals surface area contributed by atoms with Crippen molar-refractivity contribution in [3.05, 3.63) is 0 Å². The molecule has 1 atom stereocenters. The highest BCUT2D eigenvalue weighted by molar-refractivity contribution is 6.18. The second kappa shape index (κ2) is 3.81. The number of alkyl halides is 1. The van der Waals surface area contributed by atoms with Gasteiger partial charge in [0.05, 0.1) is 0 Å². The number of likely N-dealkylation sites (tertiary alicyclic amines) is 1. The van der Waals surface area contributed by atoms with Crippen molar-refractivity contribution in [2.75, 3.05) is 19.0 Å². The van der Waals surface area contributed by atoms with Crippen molar-refractivity contribution >= 4 is 17.7 Å². The van der Waals surface area contributed by atoms with Crippen molar-refractivity contribution in [1.82, 2.24) is 4.90 Å². The number of carbonyl (C=O) groups is 1. The first-order valence-electron chi connectivity index (χ1n) is 3.78. The molecular weight excluding hydrogens is 166 g/mol. The fourth-order valence-electron chi connectivity index (χ4n) is 1.36. The van der Waals surface area contributed by atoms with Gasteiger partial charge in [0.25, 0.3) is 0 Å². The average molecular weight is 178 g/mol. The number of hydrogen-bond acceptors (Lipinski definition) is 1. The van der Waals surface area contributed by atoms with E-state index >= 15 is 0 Å². The quantitative estimate of drug-likeness (QED) is 0.619. The minimum absolute atomic E-state index is 0.363. The summed E-state index contributed by atoms with van der Waals surface area (Å²) in [5, 5.41) is 8.63. The Hall–Kier alpha value is -0.440. The van der Waals surface area contributed by atoms with Gasteiger partial charge < -0.3 is 10.0 Å². The van der Waals surface area contributed by atoms with Gasteiger partial charge in [-0.1, -0.05) is 0 Å². The molecule has 1 fully saturated rings. The Bertz CT molecular complexity index is 151. The lowest BCUT2D eigenvalue weighted by Crippen LogP contribution is -2.39. The van der Waals surface area contributed by atoms with Gasteiger partial charge in [-0.05, 0) is 18.8 Å². The summed E-state index contributed by atoms with van der Waals surface area (Å²) < 4.78 is 0. The molecule has 0 radical (unpaired) electrons. The maximum atomic E-state index is 10.5. The molecule has 0 aromatic heterocycles. The van der Waals surface area contributed by atoms with Crippen LogP contribution in [0.15, 0.2) is 0 Å². The van der Waals surface area contributed by atoms with E-state index in [1.165, 1.54) is 4.90 Å².